The van der Waals surface area contributed by atoms with E-state index >= 15 is 0 Å². The molecule has 1 aromatic heterocycles. The van der Waals surface area contributed by atoms with Crippen LogP contribution in [-0.4, -0.2) is 40.2 Å². The Morgan fingerprint density at radius 2 is 1.88 bits per heavy atom. The van der Waals surface area contributed by atoms with Crippen molar-refractivity contribution in [2.24, 2.45) is 5.41 Å². The van der Waals surface area contributed by atoms with Gasteiger partial charge in [-0.05, 0) is 76.3 Å². The lowest BCUT2D eigenvalue weighted by Crippen LogP contribution is -2.50. The fourth-order valence-corrected chi connectivity index (χ4v) is 7.89. The second kappa shape index (κ2) is 8.30. The maximum absolute atomic E-state index is 13.7. The van der Waals surface area contributed by atoms with E-state index in [4.69, 9.17) is 9.72 Å². The third-order valence-corrected chi connectivity index (χ3v) is 9.15. The van der Waals surface area contributed by atoms with Crippen molar-refractivity contribution in [1.29, 1.82) is 0 Å². The molecule has 3 fully saturated rings. The second-order valence-corrected chi connectivity index (χ2v) is 12.3. The van der Waals surface area contributed by atoms with Gasteiger partial charge in [-0.15, -0.1) is 0 Å². The van der Waals surface area contributed by atoms with Crippen LogP contribution in [0.15, 0.2) is 29.1 Å². The number of rotatable bonds is 2. The third kappa shape index (κ3) is 3.95. The van der Waals surface area contributed by atoms with E-state index in [-0.39, 0.29) is 16.6 Å². The van der Waals surface area contributed by atoms with E-state index in [1.54, 1.807) is 0 Å². The van der Waals surface area contributed by atoms with E-state index < -0.39 is 0 Å². The number of aromatic amines is 1. The molecule has 1 atom stereocenters. The number of fused-ring (bicyclic) bond motifs is 4. The standard InChI is InChI=1S/C29H39N3O2/c1-27(2)19-28(14-16-34-27)11-8-15-32(20-28)18-23-30-25-22-10-5-4-9-21(22)17-29(12-6-3-7-13-29)24(25)26(33)31-23/h4-5,9-10H,3,6-8,11-20H2,1-2H3,(H,30,31,33). The lowest BCUT2D eigenvalue weighted by atomic mass is 9.62. The van der Waals surface area contributed by atoms with Gasteiger partial charge in [-0.3, -0.25) is 9.69 Å². The molecular formula is C29H39N3O2. The van der Waals surface area contributed by atoms with E-state index in [0.29, 0.717) is 5.41 Å². The second-order valence-electron chi connectivity index (χ2n) is 12.3. The minimum Gasteiger partial charge on any atom is -0.376 e. The molecule has 6 rings (SSSR count). The van der Waals surface area contributed by atoms with Crippen LogP contribution in [0.5, 0.6) is 0 Å². The Morgan fingerprint density at radius 1 is 1.06 bits per heavy atom. The topological polar surface area (TPSA) is 58.2 Å². The van der Waals surface area contributed by atoms with Gasteiger partial charge < -0.3 is 9.72 Å². The van der Waals surface area contributed by atoms with Crippen LogP contribution in [0.25, 0.3) is 11.3 Å². The quantitative estimate of drug-likeness (QED) is 0.654. The predicted octanol–water partition coefficient (Wildman–Crippen LogP) is 5.37. The molecule has 0 amide bonds. The number of H-pyrrole nitrogens is 1. The number of hydrogen-bond acceptors (Lipinski definition) is 4. The maximum Gasteiger partial charge on any atom is 0.255 e. The average Bonchev–Trinajstić information content (AvgIpc) is 2.78. The molecule has 3 heterocycles. The van der Waals surface area contributed by atoms with Gasteiger partial charge in [-0.25, -0.2) is 4.98 Å². The molecule has 2 aromatic rings. The number of ether oxygens (including phenoxy) is 1. The number of likely N-dealkylation sites (tertiary alicyclic amines) is 1. The zero-order valence-electron chi connectivity index (χ0n) is 20.9. The van der Waals surface area contributed by atoms with Gasteiger partial charge >= 0.3 is 0 Å². The summed E-state index contributed by atoms with van der Waals surface area (Å²) in [5.74, 6) is 0.829. The van der Waals surface area contributed by atoms with Crippen LogP contribution >= 0.6 is 0 Å². The van der Waals surface area contributed by atoms with Gasteiger partial charge in [0.05, 0.1) is 23.4 Å². The van der Waals surface area contributed by atoms with E-state index in [9.17, 15) is 4.79 Å². The van der Waals surface area contributed by atoms with Crippen molar-refractivity contribution in [3.05, 3.63) is 51.6 Å². The van der Waals surface area contributed by atoms with E-state index in [0.717, 1.165) is 75.4 Å². The number of aromatic nitrogens is 2. The van der Waals surface area contributed by atoms with Gasteiger partial charge in [0.1, 0.15) is 5.82 Å². The first kappa shape index (κ1) is 22.5. The number of nitrogens with one attached hydrogen (secondary N) is 1. The van der Waals surface area contributed by atoms with Crippen LogP contribution < -0.4 is 5.56 Å². The summed E-state index contributed by atoms with van der Waals surface area (Å²) < 4.78 is 6.03. The van der Waals surface area contributed by atoms with Gasteiger partial charge in [0, 0.05) is 24.1 Å². The van der Waals surface area contributed by atoms with Crippen LogP contribution in [0.2, 0.25) is 0 Å². The molecule has 0 radical (unpaired) electrons. The first-order chi connectivity index (χ1) is 16.4. The molecule has 2 aliphatic heterocycles. The maximum atomic E-state index is 13.7. The SMILES string of the molecule is CC1(C)CC2(CCCN(Cc3nc4c(c(=O)[nH]3)C3(CCCCC3)Cc3ccccc3-4)C2)CCO1. The van der Waals surface area contributed by atoms with Crippen molar-refractivity contribution in [3.8, 4) is 11.3 Å². The van der Waals surface area contributed by atoms with Crippen molar-refractivity contribution < 1.29 is 4.74 Å². The summed E-state index contributed by atoms with van der Waals surface area (Å²) in [5, 5.41) is 0. The van der Waals surface area contributed by atoms with Crippen LogP contribution in [0.4, 0.5) is 0 Å². The van der Waals surface area contributed by atoms with Crippen LogP contribution in [-0.2, 0) is 23.1 Å². The fraction of sp³-hybridized carbons (Fsp3) is 0.655. The molecule has 4 aliphatic rings. The third-order valence-electron chi connectivity index (χ3n) is 9.15. The van der Waals surface area contributed by atoms with E-state index in [2.05, 4.69) is 48.0 Å². The molecular weight excluding hydrogens is 422 g/mol. The smallest absolute Gasteiger partial charge is 0.255 e. The molecule has 2 aliphatic carbocycles. The summed E-state index contributed by atoms with van der Waals surface area (Å²) in [5.41, 5.74) is 4.81. The monoisotopic (exact) mass is 461 g/mol. The Labute approximate surface area is 203 Å². The molecule has 2 spiro atoms. The molecule has 2 saturated heterocycles. The summed E-state index contributed by atoms with van der Waals surface area (Å²) in [6, 6.07) is 8.64. The fourth-order valence-electron chi connectivity index (χ4n) is 7.89. The van der Waals surface area contributed by atoms with Crippen molar-refractivity contribution in [3.63, 3.8) is 0 Å². The molecule has 34 heavy (non-hydrogen) atoms. The lowest BCUT2D eigenvalue weighted by Gasteiger charge is -2.50. The van der Waals surface area contributed by atoms with Gasteiger partial charge in [0.25, 0.3) is 5.56 Å². The molecule has 0 bridgehead atoms. The van der Waals surface area contributed by atoms with Crippen LogP contribution in [0.3, 0.4) is 0 Å². The van der Waals surface area contributed by atoms with Crippen molar-refractivity contribution in [2.45, 2.75) is 95.6 Å². The number of nitrogens with zero attached hydrogens (tertiary/aromatic N) is 2. The van der Waals surface area contributed by atoms with E-state index in [1.807, 2.05) is 0 Å². The number of piperidine rings is 1. The highest BCUT2D eigenvalue weighted by atomic mass is 16.5. The van der Waals surface area contributed by atoms with Crippen molar-refractivity contribution >= 4 is 0 Å². The molecule has 5 heteroatoms. The summed E-state index contributed by atoms with van der Waals surface area (Å²) in [7, 11) is 0. The first-order valence-corrected chi connectivity index (χ1v) is 13.5. The summed E-state index contributed by atoms with van der Waals surface area (Å²) in [6.45, 7) is 8.18. The summed E-state index contributed by atoms with van der Waals surface area (Å²) in [4.78, 5) is 24.6. The molecule has 1 N–H and O–H groups in total. The zero-order valence-corrected chi connectivity index (χ0v) is 20.9. The average molecular weight is 462 g/mol. The Hall–Kier alpha value is -1.98. The van der Waals surface area contributed by atoms with Crippen LogP contribution in [0.1, 0.15) is 88.6 Å². The minimum absolute atomic E-state index is 0.0378. The van der Waals surface area contributed by atoms with Crippen LogP contribution in [0, 0.1) is 5.41 Å². The molecule has 5 nitrogen and oxygen atoms in total. The highest BCUT2D eigenvalue weighted by Crippen LogP contribution is 2.49. The van der Waals surface area contributed by atoms with Gasteiger partial charge in [0.2, 0.25) is 0 Å². The number of benzene rings is 1. The normalized spacial score (nSPS) is 27.9. The molecule has 1 saturated carbocycles. The van der Waals surface area contributed by atoms with E-state index in [1.165, 1.54) is 43.2 Å². The summed E-state index contributed by atoms with van der Waals surface area (Å²) in [6.07, 6.45) is 11.6. The minimum atomic E-state index is -0.0440. The largest absolute Gasteiger partial charge is 0.376 e. The van der Waals surface area contributed by atoms with Gasteiger partial charge in [0.15, 0.2) is 0 Å². The number of hydrogen-bond donors (Lipinski definition) is 1. The van der Waals surface area contributed by atoms with Gasteiger partial charge in [-0.1, -0.05) is 43.5 Å². The van der Waals surface area contributed by atoms with Crippen molar-refractivity contribution in [2.75, 3.05) is 19.7 Å². The van der Waals surface area contributed by atoms with Gasteiger partial charge in [-0.2, -0.15) is 0 Å². The summed E-state index contributed by atoms with van der Waals surface area (Å²) >= 11 is 0. The van der Waals surface area contributed by atoms with Crippen molar-refractivity contribution in [1.82, 2.24) is 14.9 Å². The molecule has 1 unspecified atom stereocenters. The highest BCUT2D eigenvalue weighted by Gasteiger charge is 2.44. The Kier molecular flexibility index (Phi) is 5.49. The first-order valence-electron chi connectivity index (χ1n) is 13.5. The highest BCUT2D eigenvalue weighted by molar-refractivity contribution is 5.71. The Bertz CT molecular complexity index is 1130. The Morgan fingerprint density at radius 3 is 2.71 bits per heavy atom. The lowest BCUT2D eigenvalue weighted by molar-refractivity contribution is -0.123. The molecule has 182 valence electrons. The predicted molar refractivity (Wildman–Crippen MR) is 135 cm³/mol. The Balaban J connectivity index is 1.33. The molecule has 1 aromatic carbocycles. The zero-order chi connectivity index (χ0) is 23.4.